The Morgan fingerprint density at radius 1 is 1.30 bits per heavy atom. The normalized spacial score (nSPS) is 11.9. The van der Waals surface area contributed by atoms with Gasteiger partial charge in [0, 0.05) is 18.8 Å². The number of carbonyl (C=O) groups excluding carboxylic acids is 1. The van der Waals surface area contributed by atoms with E-state index in [0.717, 1.165) is 5.56 Å². The van der Waals surface area contributed by atoms with Crippen molar-refractivity contribution in [1.82, 2.24) is 5.32 Å². The molecule has 20 heavy (non-hydrogen) atoms. The van der Waals surface area contributed by atoms with Crippen molar-refractivity contribution in [2.75, 3.05) is 12.4 Å². The standard InChI is InChI=1S/C14H19NO4S/c1-10-2-4-11(5-3-10)8-20-9-13(17)15-12(6-7-16)14(18)19/h2-5,12,16H,6-9H2,1H3,(H,15,17)(H,18,19)/t12-/m0/s1. The minimum Gasteiger partial charge on any atom is -0.480 e. The van der Waals surface area contributed by atoms with E-state index < -0.39 is 12.0 Å². The van der Waals surface area contributed by atoms with Crippen LogP contribution in [0.15, 0.2) is 24.3 Å². The summed E-state index contributed by atoms with van der Waals surface area (Å²) >= 11 is 1.42. The predicted molar refractivity (Wildman–Crippen MR) is 78.6 cm³/mol. The van der Waals surface area contributed by atoms with E-state index in [4.69, 9.17) is 10.2 Å². The number of thioether (sulfide) groups is 1. The van der Waals surface area contributed by atoms with Crippen molar-refractivity contribution in [3.63, 3.8) is 0 Å². The lowest BCUT2D eigenvalue weighted by Gasteiger charge is -2.12. The lowest BCUT2D eigenvalue weighted by atomic mass is 10.2. The number of aliphatic hydroxyl groups is 1. The highest BCUT2D eigenvalue weighted by Crippen LogP contribution is 2.12. The molecule has 0 saturated carbocycles. The summed E-state index contributed by atoms with van der Waals surface area (Å²) in [6.45, 7) is 1.74. The Balaban J connectivity index is 2.32. The van der Waals surface area contributed by atoms with Crippen molar-refractivity contribution in [1.29, 1.82) is 0 Å². The molecule has 6 heteroatoms. The molecule has 1 atom stereocenters. The fourth-order valence-electron chi connectivity index (χ4n) is 1.57. The lowest BCUT2D eigenvalue weighted by molar-refractivity contribution is -0.141. The second-order valence-electron chi connectivity index (χ2n) is 4.45. The maximum atomic E-state index is 11.6. The van der Waals surface area contributed by atoms with E-state index in [2.05, 4.69) is 5.32 Å². The highest BCUT2D eigenvalue weighted by atomic mass is 32.2. The van der Waals surface area contributed by atoms with Gasteiger partial charge in [0.15, 0.2) is 0 Å². The summed E-state index contributed by atoms with van der Waals surface area (Å²) < 4.78 is 0. The van der Waals surface area contributed by atoms with Gasteiger partial charge in [0.05, 0.1) is 5.75 Å². The number of carboxylic acids is 1. The second-order valence-corrected chi connectivity index (χ2v) is 5.43. The summed E-state index contributed by atoms with van der Waals surface area (Å²) in [4.78, 5) is 22.4. The van der Waals surface area contributed by atoms with Crippen molar-refractivity contribution < 1.29 is 19.8 Å². The highest BCUT2D eigenvalue weighted by molar-refractivity contribution is 7.99. The Hall–Kier alpha value is -1.53. The Morgan fingerprint density at radius 2 is 1.95 bits per heavy atom. The third-order valence-electron chi connectivity index (χ3n) is 2.67. The van der Waals surface area contributed by atoms with Crippen LogP contribution in [0.5, 0.6) is 0 Å². The number of carboxylic acid groups (broad SMARTS) is 1. The number of aliphatic hydroxyl groups excluding tert-OH is 1. The molecule has 1 rings (SSSR count). The largest absolute Gasteiger partial charge is 0.480 e. The minimum atomic E-state index is -1.13. The fourth-order valence-corrected chi connectivity index (χ4v) is 2.37. The Morgan fingerprint density at radius 3 is 2.50 bits per heavy atom. The number of hydrogen-bond donors (Lipinski definition) is 3. The number of benzene rings is 1. The minimum absolute atomic E-state index is 0.0176. The number of carbonyl (C=O) groups is 2. The molecule has 0 aliphatic carbocycles. The molecule has 1 aromatic rings. The molecule has 0 bridgehead atoms. The van der Waals surface area contributed by atoms with Crippen molar-refractivity contribution in [3.8, 4) is 0 Å². The maximum Gasteiger partial charge on any atom is 0.326 e. The van der Waals surface area contributed by atoms with Crippen LogP contribution in [0.25, 0.3) is 0 Å². The second kappa shape index (κ2) is 8.60. The van der Waals surface area contributed by atoms with Gasteiger partial charge < -0.3 is 15.5 Å². The SMILES string of the molecule is Cc1ccc(CSCC(=O)N[C@@H](CCO)C(=O)O)cc1. The van der Waals surface area contributed by atoms with Crippen molar-refractivity contribution in [3.05, 3.63) is 35.4 Å². The van der Waals surface area contributed by atoms with Crippen LogP contribution in [0.3, 0.4) is 0 Å². The number of amides is 1. The van der Waals surface area contributed by atoms with E-state index >= 15 is 0 Å². The summed E-state index contributed by atoms with van der Waals surface area (Å²) in [7, 11) is 0. The van der Waals surface area contributed by atoms with Gasteiger partial charge in [-0.1, -0.05) is 29.8 Å². The number of rotatable bonds is 8. The molecule has 0 heterocycles. The van der Waals surface area contributed by atoms with Crippen LogP contribution in [0.4, 0.5) is 0 Å². The molecular weight excluding hydrogens is 278 g/mol. The third-order valence-corrected chi connectivity index (χ3v) is 3.68. The Kier molecular flexibility index (Phi) is 7.11. The monoisotopic (exact) mass is 297 g/mol. The summed E-state index contributed by atoms with van der Waals surface area (Å²) in [6.07, 6.45) is 0.0176. The predicted octanol–water partition coefficient (Wildman–Crippen LogP) is 1.18. The average molecular weight is 297 g/mol. The number of nitrogens with one attached hydrogen (secondary N) is 1. The van der Waals surface area contributed by atoms with E-state index in [1.54, 1.807) is 0 Å². The fraction of sp³-hybridized carbons (Fsp3) is 0.429. The van der Waals surface area contributed by atoms with Gasteiger partial charge in [-0.15, -0.1) is 11.8 Å². The molecule has 0 saturated heterocycles. The maximum absolute atomic E-state index is 11.6. The molecule has 1 aromatic carbocycles. The third kappa shape index (κ3) is 6.08. The van der Waals surface area contributed by atoms with Crippen LogP contribution < -0.4 is 5.32 Å². The molecule has 3 N–H and O–H groups in total. The molecule has 0 aliphatic heterocycles. The van der Waals surface area contributed by atoms with E-state index in [9.17, 15) is 9.59 Å². The molecule has 0 spiro atoms. The van der Waals surface area contributed by atoms with Gasteiger partial charge >= 0.3 is 5.97 Å². The van der Waals surface area contributed by atoms with Crippen molar-refractivity contribution in [2.24, 2.45) is 0 Å². The molecule has 5 nitrogen and oxygen atoms in total. The summed E-state index contributed by atoms with van der Waals surface area (Å²) in [5.41, 5.74) is 2.31. The van der Waals surface area contributed by atoms with Crippen LogP contribution >= 0.6 is 11.8 Å². The zero-order valence-corrected chi connectivity index (χ0v) is 12.2. The molecule has 0 fully saturated rings. The van der Waals surface area contributed by atoms with Gasteiger partial charge in [0.25, 0.3) is 0 Å². The smallest absolute Gasteiger partial charge is 0.326 e. The number of hydrogen-bond acceptors (Lipinski definition) is 4. The van der Waals surface area contributed by atoms with Gasteiger partial charge in [0.2, 0.25) is 5.91 Å². The lowest BCUT2D eigenvalue weighted by Crippen LogP contribution is -2.42. The zero-order chi connectivity index (χ0) is 15.0. The quantitative estimate of drug-likeness (QED) is 0.671. The first kappa shape index (κ1) is 16.5. The topological polar surface area (TPSA) is 86.6 Å². The first-order valence-corrected chi connectivity index (χ1v) is 7.44. The highest BCUT2D eigenvalue weighted by Gasteiger charge is 2.18. The van der Waals surface area contributed by atoms with Crippen LogP contribution in [-0.2, 0) is 15.3 Å². The van der Waals surface area contributed by atoms with E-state index in [1.165, 1.54) is 17.3 Å². The molecule has 1 amide bonds. The summed E-state index contributed by atoms with van der Waals surface area (Å²) in [5.74, 6) is -0.562. The Labute approximate surface area is 122 Å². The van der Waals surface area contributed by atoms with Crippen LogP contribution in [0, 0.1) is 6.92 Å². The van der Waals surface area contributed by atoms with Gasteiger partial charge in [-0.3, -0.25) is 4.79 Å². The average Bonchev–Trinajstić information content (AvgIpc) is 2.40. The first-order chi connectivity index (χ1) is 9.52. The molecule has 0 radical (unpaired) electrons. The van der Waals surface area contributed by atoms with Gasteiger partial charge in [-0.05, 0) is 12.5 Å². The molecule has 0 aliphatic rings. The first-order valence-electron chi connectivity index (χ1n) is 6.29. The van der Waals surface area contributed by atoms with E-state index in [1.807, 2.05) is 31.2 Å². The van der Waals surface area contributed by atoms with Crippen LogP contribution in [-0.4, -0.2) is 40.5 Å². The Bertz CT molecular complexity index is 447. The molecule has 0 aromatic heterocycles. The van der Waals surface area contributed by atoms with Crippen LogP contribution in [0.1, 0.15) is 17.5 Å². The number of aliphatic carboxylic acids is 1. The molecular formula is C14H19NO4S. The molecule has 110 valence electrons. The van der Waals surface area contributed by atoms with Crippen LogP contribution in [0.2, 0.25) is 0 Å². The number of aryl methyl sites for hydroxylation is 1. The summed E-state index contributed by atoms with van der Waals surface area (Å²) in [6, 6.07) is 7.01. The van der Waals surface area contributed by atoms with Gasteiger partial charge in [-0.25, -0.2) is 4.79 Å². The van der Waals surface area contributed by atoms with Crippen molar-refractivity contribution >= 4 is 23.6 Å². The molecule has 0 unspecified atom stereocenters. The summed E-state index contributed by atoms with van der Waals surface area (Å²) in [5, 5.41) is 20.0. The van der Waals surface area contributed by atoms with Crippen molar-refractivity contribution in [2.45, 2.75) is 25.1 Å². The van der Waals surface area contributed by atoms with Gasteiger partial charge in [-0.2, -0.15) is 0 Å². The van der Waals surface area contributed by atoms with E-state index in [0.29, 0.717) is 5.75 Å². The van der Waals surface area contributed by atoms with E-state index in [-0.39, 0.29) is 24.7 Å². The van der Waals surface area contributed by atoms with Gasteiger partial charge in [0.1, 0.15) is 6.04 Å². The zero-order valence-electron chi connectivity index (χ0n) is 11.3.